The molecule has 0 saturated heterocycles. The van der Waals surface area contributed by atoms with Crippen molar-refractivity contribution in [2.75, 3.05) is 4.90 Å². The average Bonchev–Trinajstić information content (AvgIpc) is 1.46. The molecule has 5 nitrogen and oxygen atoms in total. The summed E-state index contributed by atoms with van der Waals surface area (Å²) in [5.41, 5.74) is -2.18. The molecule has 0 unspecified atom stereocenters. The van der Waals surface area contributed by atoms with Crippen LogP contribution >= 0.6 is 0 Å². The first-order valence-electron chi connectivity index (χ1n) is 25.3. The zero-order chi connectivity index (χ0) is 60.4. The number of rotatable bonds is 9. The first kappa shape index (κ1) is 58.8. The number of fused-ring (bicyclic) bond motifs is 3. The van der Waals surface area contributed by atoms with Crippen molar-refractivity contribution in [3.05, 3.63) is 97.1 Å². The molecule has 0 bridgehead atoms. The maximum absolute atomic E-state index is 7.33. The van der Waals surface area contributed by atoms with E-state index in [1.807, 2.05) is 84.9 Å². The molecule has 0 amide bonds. The van der Waals surface area contributed by atoms with E-state index >= 15 is 0 Å². The van der Waals surface area contributed by atoms with Crippen LogP contribution in [0.25, 0.3) is 89.5 Å². The smallest absolute Gasteiger partial charge is 0.164 e. The normalized spacial score (nSPS) is 11.4. The molecule has 0 aliphatic rings. The van der Waals surface area contributed by atoms with Gasteiger partial charge in [-0.15, -0.1) is 32.8 Å². The van der Waals surface area contributed by atoms with Gasteiger partial charge in [-0.2, -0.15) is 0 Å². The topological polar surface area (TPSA) is 55.1 Å². The van der Waals surface area contributed by atoms with E-state index in [1.54, 1.807) is 12.1 Å². The van der Waals surface area contributed by atoms with Crippen LogP contribution in [0.2, 0.25) is 0 Å². The molecule has 84 heavy (non-hydrogen) atoms. The van der Waals surface area contributed by atoms with Crippen LogP contribution in [0.5, 0.6) is 0 Å². The van der Waals surface area contributed by atoms with Crippen LogP contribution in [-0.4, -0.2) is 188 Å². The lowest BCUT2D eigenvalue weighted by Gasteiger charge is -2.40. The maximum atomic E-state index is 7.33. The Labute approximate surface area is 517 Å². The second kappa shape index (κ2) is 22.1. The van der Waals surface area contributed by atoms with Gasteiger partial charge in [0.2, 0.25) is 0 Å². The van der Waals surface area contributed by atoms with Gasteiger partial charge in [-0.25, -0.2) is 15.0 Å². The minimum absolute atomic E-state index is 0.0396. The molecule has 0 saturated carbocycles. The molecule has 27 heteroatoms. The van der Waals surface area contributed by atoms with Crippen molar-refractivity contribution in [1.82, 2.24) is 15.0 Å². The van der Waals surface area contributed by atoms with Crippen LogP contribution in [0, 0.1) is 0 Å². The third kappa shape index (κ3) is 9.14. The van der Waals surface area contributed by atoms with Gasteiger partial charge < -0.3 is 9.32 Å². The lowest BCUT2D eigenvalue weighted by molar-refractivity contribution is 0.669. The van der Waals surface area contributed by atoms with Gasteiger partial charge in [0, 0.05) is 44.5 Å². The Morgan fingerprint density at radius 3 is 0.929 bits per heavy atom. The SMILES string of the molecule is [B]c1c([B])c([B])c(-c2c([B])c([B])c(N(c3c([B])c([B])c(-c4cc(-c5nc(-c6ccccc6)nc(-c6ccccc6)n5)c5c(c4)oc4ccccc45)c([B])c3[B])c3c([B])c([B])c(-c4c([B])c([B])c([B])c([B])c4[B])c([B])c3[B])c([B])c2[B])c([B])c1[B]. The molecule has 0 spiro atoms. The highest BCUT2D eigenvalue weighted by molar-refractivity contribution is 6.74. The molecule has 2 heterocycles. The zero-order valence-corrected chi connectivity index (χ0v) is 44.6. The Kier molecular flexibility index (Phi) is 15.5. The average molecular weight is 1010 g/mol. The highest BCUT2D eigenvalue weighted by Gasteiger charge is 2.31. The second-order valence-corrected chi connectivity index (χ2v) is 19.9. The molecule has 336 valence electrons. The number of aromatic nitrogens is 3. The van der Waals surface area contributed by atoms with E-state index in [4.69, 9.17) is 192 Å². The molecule has 0 aliphatic heterocycles. The number of nitrogens with zero attached hydrogens (tertiary/aromatic N) is 4. The summed E-state index contributed by atoms with van der Waals surface area (Å²) in [5.74, 6) is 1.06. The van der Waals surface area contributed by atoms with Crippen molar-refractivity contribution < 1.29 is 4.42 Å². The van der Waals surface area contributed by atoms with Crippen LogP contribution < -0.4 is 125 Å². The molecular formula is C57H16B22N4O. The van der Waals surface area contributed by atoms with Gasteiger partial charge in [-0.1, -0.05) is 166 Å². The van der Waals surface area contributed by atoms with Crippen molar-refractivity contribution in [3.8, 4) is 67.5 Å². The summed E-state index contributed by atoms with van der Waals surface area (Å²) in [6.45, 7) is 0. The third-order valence-electron chi connectivity index (χ3n) is 15.2. The summed E-state index contributed by atoms with van der Waals surface area (Å²) >= 11 is 0. The lowest BCUT2D eigenvalue weighted by atomic mass is 9.56. The van der Waals surface area contributed by atoms with Crippen LogP contribution in [-0.2, 0) is 0 Å². The minimum Gasteiger partial charge on any atom is -0.456 e. The number of hydrogen-bond donors (Lipinski definition) is 0. The van der Waals surface area contributed by atoms with Crippen molar-refractivity contribution in [2.24, 2.45) is 0 Å². The number of hydrogen-bond acceptors (Lipinski definition) is 5. The standard InChI is InChI=1S/C57H16B22N4O/c58-30-24(19-15-21(25-20-13-7-8-14-22(20)84-23(25)16-19)57-81-55(17-9-3-1-4-10-17)80-56(82-57)18-11-5-2-6-12-18)31(59)47(75)52(46(30)74)83(53-48(76)36(64)28(37(65)49(53)77)26-32(60)40(68)44(72)41(69)33(26)61)54-50(78)38(66)29(39(67)51(54)79)27-34(62)42(70)45(73)43(71)35(27)63/h1-16H. The number of anilines is 3. The highest BCUT2D eigenvalue weighted by Crippen LogP contribution is 2.40. The summed E-state index contributed by atoms with van der Waals surface area (Å²) in [5, 5.41) is 1.42. The van der Waals surface area contributed by atoms with Crippen molar-refractivity contribution in [2.45, 2.75) is 0 Å². The molecule has 0 aliphatic carbocycles. The Balaban J connectivity index is 1.22. The van der Waals surface area contributed by atoms with E-state index in [9.17, 15) is 0 Å². The number of furan rings is 1. The van der Waals surface area contributed by atoms with Gasteiger partial charge in [0.1, 0.15) is 184 Å². The van der Waals surface area contributed by atoms with Gasteiger partial charge >= 0.3 is 0 Å². The molecule has 11 rings (SSSR count). The van der Waals surface area contributed by atoms with E-state index in [-0.39, 0.29) is 171 Å². The first-order valence-corrected chi connectivity index (χ1v) is 25.3. The second-order valence-electron chi connectivity index (χ2n) is 19.9. The quantitative estimate of drug-likeness (QED) is 0.135. The third-order valence-corrected chi connectivity index (χ3v) is 15.2. The molecule has 0 atom stereocenters. The van der Waals surface area contributed by atoms with Gasteiger partial charge in [0.15, 0.2) is 17.5 Å². The molecule has 0 fully saturated rings. The van der Waals surface area contributed by atoms with Crippen molar-refractivity contribution in [1.29, 1.82) is 0 Å². The Hall–Kier alpha value is -6.98. The monoisotopic (exact) mass is 1010 g/mol. The Morgan fingerprint density at radius 2 is 0.560 bits per heavy atom. The number of para-hydroxylation sites is 1. The minimum atomic E-state index is -0.334. The van der Waals surface area contributed by atoms with Crippen LogP contribution in [0.3, 0.4) is 0 Å². The van der Waals surface area contributed by atoms with Crippen LogP contribution in [0.15, 0.2) is 101 Å². The lowest BCUT2D eigenvalue weighted by Crippen LogP contribution is -2.58. The van der Waals surface area contributed by atoms with Gasteiger partial charge in [-0.05, 0) is 51.6 Å². The van der Waals surface area contributed by atoms with Gasteiger partial charge in [0.05, 0.1) is 0 Å². The van der Waals surface area contributed by atoms with Crippen molar-refractivity contribution >= 4 is 332 Å². The fourth-order valence-corrected chi connectivity index (χ4v) is 10.7. The maximum Gasteiger partial charge on any atom is 0.164 e. The molecular weight excluding hydrogens is 995 g/mol. The zero-order valence-electron chi connectivity index (χ0n) is 44.6. The fraction of sp³-hybridized carbons (Fsp3) is 0. The van der Waals surface area contributed by atoms with E-state index in [1.165, 1.54) is 4.90 Å². The van der Waals surface area contributed by atoms with Crippen LogP contribution in [0.4, 0.5) is 17.1 Å². The predicted octanol–water partition coefficient (Wildman–Crippen LogP) is -11.3. The largest absolute Gasteiger partial charge is 0.456 e. The summed E-state index contributed by atoms with van der Waals surface area (Å²) in [6.07, 6.45) is 0. The van der Waals surface area contributed by atoms with Gasteiger partial charge in [-0.3, -0.25) is 0 Å². The molecule has 44 radical (unpaired) electrons. The molecule has 9 aromatic carbocycles. The highest BCUT2D eigenvalue weighted by atomic mass is 16.3. The molecule has 0 N–H and O–H groups in total. The summed E-state index contributed by atoms with van der Waals surface area (Å²) in [6, 6.07) is 30.0. The van der Waals surface area contributed by atoms with E-state index < -0.39 is 0 Å². The van der Waals surface area contributed by atoms with E-state index in [0.717, 1.165) is 16.5 Å². The first-order chi connectivity index (χ1) is 39.9. The van der Waals surface area contributed by atoms with E-state index in [2.05, 4.69) is 0 Å². The molecule has 11 aromatic rings. The Bertz CT molecular complexity index is 4320. The summed E-state index contributed by atoms with van der Waals surface area (Å²) < 4.78 is 6.57. The molecule has 2 aromatic heterocycles. The summed E-state index contributed by atoms with van der Waals surface area (Å²) in [7, 11) is 150. The van der Waals surface area contributed by atoms with E-state index in [0.29, 0.717) is 39.3 Å². The Morgan fingerprint density at radius 1 is 0.262 bits per heavy atom. The van der Waals surface area contributed by atoms with Gasteiger partial charge in [0.25, 0.3) is 0 Å². The van der Waals surface area contributed by atoms with Crippen molar-refractivity contribution in [3.63, 3.8) is 0 Å². The predicted molar refractivity (Wildman–Crippen MR) is 373 cm³/mol. The number of benzene rings is 9. The van der Waals surface area contributed by atoms with Crippen LogP contribution in [0.1, 0.15) is 0 Å². The summed E-state index contributed by atoms with van der Waals surface area (Å²) in [4.78, 5) is 16.3. The fourth-order valence-electron chi connectivity index (χ4n) is 10.7.